The molecule has 1 unspecified atom stereocenters. The van der Waals surface area contributed by atoms with Crippen LogP contribution in [0.25, 0.3) is 11.2 Å². The highest BCUT2D eigenvalue weighted by atomic mass is 35.5. The molecule has 0 saturated heterocycles. The summed E-state index contributed by atoms with van der Waals surface area (Å²) in [5.74, 6) is 0.880. The van der Waals surface area contributed by atoms with Crippen LogP contribution < -0.4 is 0 Å². The first-order valence-electron chi connectivity index (χ1n) is 6.59. The first-order valence-corrected chi connectivity index (χ1v) is 7.03. The molecule has 0 fully saturated rings. The summed E-state index contributed by atoms with van der Waals surface area (Å²) in [6.45, 7) is 5.45. The molecule has 0 aliphatic rings. The Morgan fingerprint density at radius 3 is 2.80 bits per heavy atom. The molecule has 0 aliphatic carbocycles. The number of halogens is 1. The van der Waals surface area contributed by atoms with Crippen molar-refractivity contribution in [2.75, 3.05) is 0 Å². The first kappa shape index (κ1) is 13.2. The van der Waals surface area contributed by atoms with Crippen LogP contribution in [-0.4, -0.2) is 29.1 Å². The van der Waals surface area contributed by atoms with Gasteiger partial charge in [0.05, 0.1) is 17.6 Å². The molecule has 6 nitrogen and oxygen atoms in total. The summed E-state index contributed by atoms with van der Waals surface area (Å²) in [5.41, 5.74) is 2.87. The molecule has 3 aromatic heterocycles. The molecule has 7 heteroatoms. The summed E-state index contributed by atoms with van der Waals surface area (Å²) in [6, 6.07) is 1.92. The normalized spacial score (nSPS) is 13.2. The van der Waals surface area contributed by atoms with Crippen molar-refractivity contribution in [1.82, 2.24) is 29.1 Å². The maximum Gasteiger partial charge on any atom is 0.158 e. The van der Waals surface area contributed by atoms with Crippen molar-refractivity contribution < 1.29 is 0 Å². The van der Waals surface area contributed by atoms with E-state index in [1.54, 1.807) is 6.20 Å². The highest BCUT2D eigenvalue weighted by molar-refractivity contribution is 6.20. The second-order valence-electron chi connectivity index (χ2n) is 4.89. The standard InChI is InChI=1S/C13H17ClN6/c1-9(14)12-16-11-10(2)17-18(3)13(11)20(12)8-7-19-6-4-5-15-19/h4-6,9H,7-8H2,1-3H3. The zero-order chi connectivity index (χ0) is 14.3. The second kappa shape index (κ2) is 4.94. The Balaban J connectivity index is 2.04. The van der Waals surface area contributed by atoms with Gasteiger partial charge in [-0.3, -0.25) is 9.36 Å². The summed E-state index contributed by atoms with van der Waals surface area (Å²) in [6.07, 6.45) is 3.73. The van der Waals surface area contributed by atoms with Gasteiger partial charge in [0.25, 0.3) is 0 Å². The van der Waals surface area contributed by atoms with Gasteiger partial charge < -0.3 is 4.57 Å². The SMILES string of the molecule is Cc1nn(C)c2c1nc(C(C)Cl)n2CCn1cccn1. The average Bonchev–Trinajstić information content (AvgIpc) is 3.07. The minimum absolute atomic E-state index is 0.139. The van der Waals surface area contributed by atoms with Gasteiger partial charge in [0.2, 0.25) is 0 Å². The van der Waals surface area contributed by atoms with Crippen LogP contribution in [0, 0.1) is 6.92 Å². The highest BCUT2D eigenvalue weighted by Gasteiger charge is 2.19. The number of hydrogen-bond acceptors (Lipinski definition) is 3. The number of hydrogen-bond donors (Lipinski definition) is 0. The molecule has 0 saturated carbocycles. The van der Waals surface area contributed by atoms with Gasteiger partial charge in [0.1, 0.15) is 11.3 Å². The number of nitrogens with zero attached hydrogens (tertiary/aromatic N) is 6. The van der Waals surface area contributed by atoms with Gasteiger partial charge in [-0.05, 0) is 19.9 Å². The van der Waals surface area contributed by atoms with Gasteiger partial charge in [0, 0.05) is 26.0 Å². The van der Waals surface area contributed by atoms with Crippen molar-refractivity contribution in [2.24, 2.45) is 7.05 Å². The summed E-state index contributed by atoms with van der Waals surface area (Å²) >= 11 is 6.27. The molecule has 0 spiro atoms. The third-order valence-corrected chi connectivity index (χ3v) is 3.58. The molecule has 106 valence electrons. The molecule has 0 aliphatic heterocycles. The topological polar surface area (TPSA) is 53.5 Å². The predicted molar refractivity (Wildman–Crippen MR) is 77.7 cm³/mol. The summed E-state index contributed by atoms with van der Waals surface area (Å²) in [7, 11) is 1.93. The van der Waals surface area contributed by atoms with Gasteiger partial charge in [-0.15, -0.1) is 11.6 Å². The monoisotopic (exact) mass is 292 g/mol. The van der Waals surface area contributed by atoms with E-state index in [1.165, 1.54) is 0 Å². The number of alkyl halides is 1. The highest BCUT2D eigenvalue weighted by Crippen LogP contribution is 2.26. The largest absolute Gasteiger partial charge is 0.310 e. The Labute approximate surface area is 122 Å². The fourth-order valence-corrected chi connectivity index (χ4v) is 2.68. The Hall–Kier alpha value is -1.82. The Morgan fingerprint density at radius 2 is 2.15 bits per heavy atom. The van der Waals surface area contributed by atoms with Crippen LogP contribution in [0.15, 0.2) is 18.5 Å². The van der Waals surface area contributed by atoms with Crippen LogP contribution in [0.4, 0.5) is 0 Å². The van der Waals surface area contributed by atoms with Crippen molar-refractivity contribution in [3.63, 3.8) is 0 Å². The van der Waals surface area contributed by atoms with Crippen molar-refractivity contribution in [3.8, 4) is 0 Å². The van der Waals surface area contributed by atoms with E-state index in [-0.39, 0.29) is 5.38 Å². The molecule has 0 N–H and O–H groups in total. The number of aryl methyl sites for hydroxylation is 4. The van der Waals surface area contributed by atoms with Crippen LogP contribution in [0.3, 0.4) is 0 Å². The van der Waals surface area contributed by atoms with E-state index in [0.29, 0.717) is 0 Å². The van der Waals surface area contributed by atoms with Gasteiger partial charge in [-0.25, -0.2) is 4.98 Å². The van der Waals surface area contributed by atoms with Crippen LogP contribution in [0.2, 0.25) is 0 Å². The molecule has 1 atom stereocenters. The lowest BCUT2D eigenvalue weighted by Gasteiger charge is -2.11. The fraction of sp³-hybridized carbons (Fsp3) is 0.462. The van der Waals surface area contributed by atoms with E-state index in [0.717, 1.165) is 35.8 Å². The van der Waals surface area contributed by atoms with Gasteiger partial charge in [-0.2, -0.15) is 10.2 Å². The maximum atomic E-state index is 6.27. The first-order chi connectivity index (χ1) is 9.58. The fourth-order valence-electron chi connectivity index (χ4n) is 2.51. The molecular formula is C13H17ClN6. The zero-order valence-corrected chi connectivity index (χ0v) is 12.5. The minimum atomic E-state index is -0.139. The number of aromatic nitrogens is 6. The number of rotatable bonds is 4. The third kappa shape index (κ3) is 2.10. The van der Waals surface area contributed by atoms with E-state index in [4.69, 9.17) is 11.6 Å². The third-order valence-electron chi connectivity index (χ3n) is 3.39. The van der Waals surface area contributed by atoms with Crippen molar-refractivity contribution in [3.05, 3.63) is 30.0 Å². The van der Waals surface area contributed by atoms with E-state index < -0.39 is 0 Å². The van der Waals surface area contributed by atoms with E-state index >= 15 is 0 Å². The summed E-state index contributed by atoms with van der Waals surface area (Å²) < 4.78 is 5.90. The van der Waals surface area contributed by atoms with Gasteiger partial charge >= 0.3 is 0 Å². The van der Waals surface area contributed by atoms with E-state index in [9.17, 15) is 0 Å². The molecule has 0 radical (unpaired) electrons. The Morgan fingerprint density at radius 1 is 1.35 bits per heavy atom. The van der Waals surface area contributed by atoms with E-state index in [1.807, 2.05) is 42.5 Å². The Bertz CT molecular complexity index is 722. The summed E-state index contributed by atoms with van der Waals surface area (Å²) in [4.78, 5) is 4.65. The van der Waals surface area contributed by atoms with Crippen LogP contribution in [-0.2, 0) is 20.1 Å². The molecule has 3 heterocycles. The van der Waals surface area contributed by atoms with Crippen molar-refractivity contribution in [2.45, 2.75) is 32.3 Å². The maximum absolute atomic E-state index is 6.27. The predicted octanol–water partition coefficient (Wildman–Crippen LogP) is 2.27. The van der Waals surface area contributed by atoms with E-state index in [2.05, 4.69) is 19.7 Å². The minimum Gasteiger partial charge on any atom is -0.310 e. The lowest BCUT2D eigenvalue weighted by atomic mass is 10.4. The van der Waals surface area contributed by atoms with Crippen molar-refractivity contribution in [1.29, 1.82) is 0 Å². The lowest BCUT2D eigenvalue weighted by Crippen LogP contribution is -2.13. The average molecular weight is 293 g/mol. The second-order valence-corrected chi connectivity index (χ2v) is 5.54. The number of fused-ring (bicyclic) bond motifs is 1. The molecular weight excluding hydrogens is 276 g/mol. The molecule has 20 heavy (non-hydrogen) atoms. The summed E-state index contributed by atoms with van der Waals surface area (Å²) in [5, 5.41) is 8.51. The molecule has 0 bridgehead atoms. The van der Waals surface area contributed by atoms with Gasteiger partial charge in [0.15, 0.2) is 5.65 Å². The van der Waals surface area contributed by atoms with Gasteiger partial charge in [-0.1, -0.05) is 0 Å². The molecule has 0 amide bonds. The smallest absolute Gasteiger partial charge is 0.158 e. The lowest BCUT2D eigenvalue weighted by molar-refractivity contribution is 0.520. The van der Waals surface area contributed by atoms with Crippen molar-refractivity contribution >= 4 is 22.8 Å². The molecule has 3 aromatic rings. The molecule has 0 aromatic carbocycles. The Kier molecular flexibility index (Phi) is 3.25. The van der Waals surface area contributed by atoms with Crippen LogP contribution in [0.1, 0.15) is 23.8 Å². The van der Waals surface area contributed by atoms with Crippen LogP contribution >= 0.6 is 11.6 Å². The zero-order valence-electron chi connectivity index (χ0n) is 11.8. The van der Waals surface area contributed by atoms with Crippen LogP contribution in [0.5, 0.6) is 0 Å². The quantitative estimate of drug-likeness (QED) is 0.693. The molecule has 3 rings (SSSR count). The number of imidazole rings is 1.